The first-order valence-electron chi connectivity index (χ1n) is 9.31. The molecule has 1 saturated heterocycles. The first kappa shape index (κ1) is 18.7. The van der Waals surface area contributed by atoms with E-state index in [1.165, 1.54) is 26.8 Å². The van der Waals surface area contributed by atoms with Gasteiger partial charge in [-0.2, -0.15) is 9.61 Å². The summed E-state index contributed by atoms with van der Waals surface area (Å²) in [6.45, 7) is 1.68. The second-order valence-corrected chi connectivity index (χ2v) is 8.20. The van der Waals surface area contributed by atoms with Crippen molar-refractivity contribution in [1.82, 2.24) is 19.5 Å². The van der Waals surface area contributed by atoms with E-state index in [2.05, 4.69) is 10.1 Å². The average molecular weight is 404 g/mol. The number of amides is 2. The van der Waals surface area contributed by atoms with Gasteiger partial charge in [-0.3, -0.25) is 24.1 Å². The van der Waals surface area contributed by atoms with Gasteiger partial charge < -0.3 is 4.74 Å². The van der Waals surface area contributed by atoms with Gasteiger partial charge in [0.1, 0.15) is 6.61 Å². The zero-order chi connectivity index (χ0) is 19.8. The molecule has 0 aromatic carbocycles. The molecule has 0 N–H and O–H groups in total. The maximum atomic E-state index is 12.4. The van der Waals surface area contributed by atoms with Gasteiger partial charge in [0.25, 0.3) is 5.56 Å². The van der Waals surface area contributed by atoms with Gasteiger partial charge in [0.05, 0.1) is 18.3 Å². The van der Waals surface area contributed by atoms with E-state index in [0.29, 0.717) is 15.7 Å². The van der Waals surface area contributed by atoms with Crippen molar-refractivity contribution in [3.63, 3.8) is 0 Å². The number of imide groups is 1. The van der Waals surface area contributed by atoms with Crippen molar-refractivity contribution in [2.24, 2.45) is 11.8 Å². The van der Waals surface area contributed by atoms with Crippen molar-refractivity contribution in [3.05, 3.63) is 27.1 Å². The lowest BCUT2D eigenvalue weighted by Crippen LogP contribution is -2.33. The van der Waals surface area contributed by atoms with E-state index in [4.69, 9.17) is 4.74 Å². The van der Waals surface area contributed by atoms with Crippen LogP contribution in [-0.4, -0.2) is 43.8 Å². The molecule has 148 valence electrons. The van der Waals surface area contributed by atoms with E-state index in [1.54, 1.807) is 6.92 Å². The van der Waals surface area contributed by atoms with Crippen LogP contribution in [0.4, 0.5) is 0 Å². The van der Waals surface area contributed by atoms with Crippen molar-refractivity contribution in [1.29, 1.82) is 0 Å². The number of likely N-dealkylation sites (tertiary alicyclic amines) is 1. The average Bonchev–Trinajstić information content (AvgIpc) is 3.18. The fraction of sp³-hybridized carbons (Fsp3) is 0.556. The number of aromatic nitrogens is 3. The molecule has 4 rings (SSSR count). The van der Waals surface area contributed by atoms with Crippen LogP contribution in [-0.2, 0) is 25.7 Å². The van der Waals surface area contributed by atoms with E-state index in [0.717, 1.165) is 25.7 Å². The first-order valence-corrected chi connectivity index (χ1v) is 10.1. The van der Waals surface area contributed by atoms with Crippen LogP contribution in [0.25, 0.3) is 4.96 Å². The molecule has 0 bridgehead atoms. The topological polar surface area (TPSA) is 111 Å². The summed E-state index contributed by atoms with van der Waals surface area (Å²) in [5, 5.41) is 4.55. The molecule has 1 aliphatic carbocycles. The van der Waals surface area contributed by atoms with E-state index in [-0.39, 0.29) is 48.8 Å². The molecule has 2 aromatic heterocycles. The lowest BCUT2D eigenvalue weighted by Gasteiger charge is -2.19. The van der Waals surface area contributed by atoms with Crippen LogP contribution >= 0.6 is 11.3 Å². The molecule has 2 aromatic rings. The number of carbonyl (C=O) groups is 3. The molecule has 28 heavy (non-hydrogen) atoms. The molecule has 3 heterocycles. The third-order valence-electron chi connectivity index (χ3n) is 5.24. The Morgan fingerprint density at radius 1 is 1.21 bits per heavy atom. The molecule has 1 saturated carbocycles. The smallest absolute Gasteiger partial charge is 0.308 e. The van der Waals surface area contributed by atoms with Crippen LogP contribution in [0.15, 0.2) is 10.9 Å². The third-order valence-corrected chi connectivity index (χ3v) is 6.13. The molecule has 2 fully saturated rings. The molecule has 0 unspecified atom stereocenters. The van der Waals surface area contributed by atoms with Crippen molar-refractivity contribution >= 4 is 34.1 Å². The zero-order valence-corrected chi connectivity index (χ0v) is 16.2. The summed E-state index contributed by atoms with van der Waals surface area (Å²) in [5.74, 6) is -1.27. The van der Waals surface area contributed by atoms with Crippen molar-refractivity contribution in [3.8, 4) is 0 Å². The predicted molar refractivity (Wildman–Crippen MR) is 98.5 cm³/mol. The quantitative estimate of drug-likeness (QED) is 0.541. The number of esters is 1. The van der Waals surface area contributed by atoms with Crippen LogP contribution in [0.3, 0.4) is 0 Å². The predicted octanol–water partition coefficient (Wildman–Crippen LogP) is 1.07. The summed E-state index contributed by atoms with van der Waals surface area (Å²) in [4.78, 5) is 54.6. The molecule has 10 heteroatoms. The Hall–Kier alpha value is -2.62. The maximum Gasteiger partial charge on any atom is 0.308 e. The number of ether oxygens (including phenoxy) is 1. The number of aryl methyl sites for hydroxylation is 1. The summed E-state index contributed by atoms with van der Waals surface area (Å²) in [7, 11) is 0. The van der Waals surface area contributed by atoms with Gasteiger partial charge in [0, 0.05) is 18.3 Å². The number of hydrogen-bond donors (Lipinski definition) is 0. The largest absolute Gasteiger partial charge is 0.458 e. The minimum atomic E-state index is -0.522. The molecular weight excluding hydrogens is 384 g/mol. The van der Waals surface area contributed by atoms with Gasteiger partial charge in [-0.1, -0.05) is 24.2 Å². The molecule has 2 amide bonds. The molecule has 0 radical (unpaired) electrons. The molecule has 2 aliphatic rings. The Morgan fingerprint density at radius 2 is 1.89 bits per heavy atom. The minimum absolute atomic E-state index is 0.0452. The third kappa shape index (κ3) is 3.44. The van der Waals surface area contributed by atoms with Gasteiger partial charge >= 0.3 is 5.97 Å². The summed E-state index contributed by atoms with van der Waals surface area (Å²) in [6, 6.07) is 1.38. The number of carbonyl (C=O) groups excluding carboxylic acids is 3. The Morgan fingerprint density at radius 3 is 2.57 bits per heavy atom. The Bertz CT molecular complexity index is 989. The highest BCUT2D eigenvalue weighted by molar-refractivity contribution is 7.16. The van der Waals surface area contributed by atoms with E-state index in [9.17, 15) is 19.2 Å². The molecule has 0 spiro atoms. The second kappa shape index (κ2) is 7.42. The first-order chi connectivity index (χ1) is 13.4. The second-order valence-electron chi connectivity index (χ2n) is 7.16. The van der Waals surface area contributed by atoms with Gasteiger partial charge in [-0.25, -0.2) is 4.98 Å². The Kier molecular flexibility index (Phi) is 4.96. The van der Waals surface area contributed by atoms with Crippen molar-refractivity contribution in [2.45, 2.75) is 45.6 Å². The number of nitrogens with zero attached hydrogens (tertiary/aromatic N) is 4. The lowest BCUT2D eigenvalue weighted by atomic mass is 9.81. The van der Waals surface area contributed by atoms with Crippen LogP contribution in [0.5, 0.6) is 0 Å². The van der Waals surface area contributed by atoms with Gasteiger partial charge in [0.15, 0.2) is 5.01 Å². The van der Waals surface area contributed by atoms with Crippen LogP contribution in [0, 0.1) is 18.8 Å². The fourth-order valence-electron chi connectivity index (χ4n) is 3.89. The van der Waals surface area contributed by atoms with E-state index < -0.39 is 5.97 Å². The van der Waals surface area contributed by atoms with Crippen LogP contribution < -0.4 is 5.56 Å². The summed E-state index contributed by atoms with van der Waals surface area (Å²) >= 11 is 1.17. The zero-order valence-electron chi connectivity index (χ0n) is 15.4. The Labute approximate surface area is 164 Å². The summed E-state index contributed by atoms with van der Waals surface area (Å²) in [5.41, 5.74) is 0.307. The number of rotatable bonds is 5. The molecule has 1 aliphatic heterocycles. The SMILES string of the molecule is Cc1cc(=O)n2nc(COC(=O)CCN3C(=O)[C@@H]4CCCC[C@H]4C3=O)sc2n1. The van der Waals surface area contributed by atoms with Gasteiger partial charge in [0.2, 0.25) is 16.8 Å². The van der Waals surface area contributed by atoms with E-state index in [1.807, 2.05) is 0 Å². The number of hydrogen-bond acceptors (Lipinski definition) is 8. The van der Waals surface area contributed by atoms with Crippen molar-refractivity contribution in [2.75, 3.05) is 6.54 Å². The van der Waals surface area contributed by atoms with Crippen LogP contribution in [0.2, 0.25) is 0 Å². The van der Waals surface area contributed by atoms with Crippen LogP contribution in [0.1, 0.15) is 42.8 Å². The normalized spacial score (nSPS) is 22.0. The molecular formula is C18H20N4O5S. The van der Waals surface area contributed by atoms with Gasteiger partial charge in [-0.05, 0) is 19.8 Å². The number of fused-ring (bicyclic) bond motifs is 2. The molecule has 9 nitrogen and oxygen atoms in total. The van der Waals surface area contributed by atoms with Gasteiger partial charge in [-0.15, -0.1) is 0 Å². The lowest BCUT2D eigenvalue weighted by molar-refractivity contribution is -0.146. The highest BCUT2D eigenvalue weighted by atomic mass is 32.1. The van der Waals surface area contributed by atoms with Crippen molar-refractivity contribution < 1.29 is 19.1 Å². The molecule has 2 atom stereocenters. The standard InChI is InChI=1S/C18H20N4O5S/c1-10-8-14(23)22-18(19-10)28-13(20-22)9-27-15(24)6-7-21-16(25)11-4-2-3-5-12(11)17(21)26/h8,11-12H,2-7,9H2,1H3/t11-,12-/m1/s1. The summed E-state index contributed by atoms with van der Waals surface area (Å²) < 4.78 is 6.36. The van der Waals surface area contributed by atoms with E-state index >= 15 is 0 Å². The highest BCUT2D eigenvalue weighted by Crippen LogP contribution is 2.37. The monoisotopic (exact) mass is 404 g/mol. The Balaban J connectivity index is 1.33. The maximum absolute atomic E-state index is 12.4. The summed E-state index contributed by atoms with van der Waals surface area (Å²) in [6.07, 6.45) is 3.38. The fourth-order valence-corrected chi connectivity index (χ4v) is 4.75. The highest BCUT2D eigenvalue weighted by Gasteiger charge is 2.47. The minimum Gasteiger partial charge on any atom is -0.458 e.